The minimum Gasteiger partial charge on any atom is -0.353 e. The van der Waals surface area contributed by atoms with E-state index in [1.165, 1.54) is 24.3 Å². The van der Waals surface area contributed by atoms with Crippen LogP contribution < -0.4 is 10.2 Å². The third kappa shape index (κ3) is 4.19. The maximum absolute atomic E-state index is 13.1. The summed E-state index contributed by atoms with van der Waals surface area (Å²) in [6.07, 6.45) is 1.06. The topological polar surface area (TPSA) is 61.0 Å². The first-order chi connectivity index (χ1) is 13.6. The largest absolute Gasteiger partial charge is 0.353 e. The van der Waals surface area contributed by atoms with Crippen molar-refractivity contribution in [1.29, 1.82) is 0 Å². The van der Waals surface area contributed by atoms with Gasteiger partial charge in [0.2, 0.25) is 5.91 Å². The standard InChI is InChI=1S/C21H20F2N4O/c22-16-5-1-14(2-6-16)11-21(28)24-18-9-10-27(13-18)20-12-19(25-26-20)15-3-7-17(23)8-4-15/h1-8,12,18H,9-11,13H2,(H,24,28)(H,25,26)/t18-/m0/s1. The van der Waals surface area contributed by atoms with E-state index in [0.717, 1.165) is 35.6 Å². The number of amides is 1. The van der Waals surface area contributed by atoms with E-state index in [-0.39, 0.29) is 30.0 Å². The molecule has 4 rings (SSSR count). The Morgan fingerprint density at radius 1 is 1.11 bits per heavy atom. The molecule has 1 saturated heterocycles. The van der Waals surface area contributed by atoms with Crippen molar-refractivity contribution in [3.05, 3.63) is 71.8 Å². The molecule has 0 unspecified atom stereocenters. The number of carbonyl (C=O) groups is 1. The summed E-state index contributed by atoms with van der Waals surface area (Å²) in [6.45, 7) is 1.46. The van der Waals surface area contributed by atoms with Gasteiger partial charge in [0.05, 0.1) is 12.1 Å². The molecule has 1 amide bonds. The molecule has 3 aromatic rings. The van der Waals surface area contributed by atoms with Crippen molar-refractivity contribution >= 4 is 11.7 Å². The molecule has 0 saturated carbocycles. The van der Waals surface area contributed by atoms with Crippen molar-refractivity contribution in [2.24, 2.45) is 0 Å². The van der Waals surface area contributed by atoms with Gasteiger partial charge >= 0.3 is 0 Å². The molecule has 1 atom stereocenters. The third-order valence-electron chi connectivity index (χ3n) is 4.87. The van der Waals surface area contributed by atoms with Crippen LogP contribution in [0, 0.1) is 11.6 Å². The summed E-state index contributed by atoms with van der Waals surface area (Å²) in [7, 11) is 0. The fourth-order valence-electron chi connectivity index (χ4n) is 3.40. The van der Waals surface area contributed by atoms with Gasteiger partial charge in [-0.25, -0.2) is 8.78 Å². The van der Waals surface area contributed by atoms with Crippen molar-refractivity contribution in [2.75, 3.05) is 18.0 Å². The number of aromatic amines is 1. The number of hydrogen-bond acceptors (Lipinski definition) is 3. The lowest BCUT2D eigenvalue weighted by Gasteiger charge is -2.16. The Morgan fingerprint density at radius 2 is 1.79 bits per heavy atom. The lowest BCUT2D eigenvalue weighted by atomic mass is 10.1. The maximum atomic E-state index is 13.1. The summed E-state index contributed by atoms with van der Waals surface area (Å²) in [4.78, 5) is 14.3. The Morgan fingerprint density at radius 3 is 2.50 bits per heavy atom. The Bertz CT molecular complexity index is 953. The van der Waals surface area contributed by atoms with Crippen LogP contribution >= 0.6 is 0 Å². The van der Waals surface area contributed by atoms with Crippen LogP contribution in [0.5, 0.6) is 0 Å². The van der Waals surface area contributed by atoms with Gasteiger partial charge in [-0.15, -0.1) is 0 Å². The van der Waals surface area contributed by atoms with Crippen LogP contribution in [0.4, 0.5) is 14.6 Å². The molecule has 28 heavy (non-hydrogen) atoms. The van der Waals surface area contributed by atoms with Crippen molar-refractivity contribution < 1.29 is 13.6 Å². The number of benzene rings is 2. The quantitative estimate of drug-likeness (QED) is 0.712. The molecule has 0 bridgehead atoms. The summed E-state index contributed by atoms with van der Waals surface area (Å²) >= 11 is 0. The second-order valence-corrected chi connectivity index (χ2v) is 6.95. The number of hydrogen-bond donors (Lipinski definition) is 2. The average Bonchev–Trinajstić information content (AvgIpc) is 3.34. The smallest absolute Gasteiger partial charge is 0.224 e. The fraction of sp³-hybridized carbons (Fsp3) is 0.238. The van der Waals surface area contributed by atoms with Crippen LogP contribution in [0.2, 0.25) is 0 Å². The molecule has 0 spiro atoms. The van der Waals surface area contributed by atoms with Gasteiger partial charge < -0.3 is 10.2 Å². The van der Waals surface area contributed by atoms with Crippen LogP contribution in [0.3, 0.4) is 0 Å². The maximum Gasteiger partial charge on any atom is 0.224 e. The molecular weight excluding hydrogens is 362 g/mol. The molecule has 1 aliphatic heterocycles. The van der Waals surface area contributed by atoms with E-state index < -0.39 is 0 Å². The molecule has 1 fully saturated rings. The minimum absolute atomic E-state index is 0.0407. The van der Waals surface area contributed by atoms with Gasteiger partial charge in [0.1, 0.15) is 11.6 Å². The second-order valence-electron chi connectivity index (χ2n) is 6.95. The van der Waals surface area contributed by atoms with Crippen molar-refractivity contribution in [3.8, 4) is 11.3 Å². The average molecular weight is 382 g/mol. The van der Waals surface area contributed by atoms with E-state index in [9.17, 15) is 13.6 Å². The van der Waals surface area contributed by atoms with Gasteiger partial charge in [0.25, 0.3) is 0 Å². The van der Waals surface area contributed by atoms with Crippen molar-refractivity contribution in [1.82, 2.24) is 15.5 Å². The molecule has 2 heterocycles. The summed E-state index contributed by atoms with van der Waals surface area (Å²) in [5.74, 6) is 0.138. The molecule has 0 radical (unpaired) electrons. The summed E-state index contributed by atoms with van der Waals surface area (Å²) in [5.41, 5.74) is 2.47. The minimum atomic E-state index is -0.311. The lowest BCUT2D eigenvalue weighted by Crippen LogP contribution is -2.38. The van der Waals surface area contributed by atoms with Gasteiger partial charge in [-0.3, -0.25) is 9.89 Å². The number of anilines is 1. The zero-order valence-electron chi connectivity index (χ0n) is 15.2. The zero-order chi connectivity index (χ0) is 19.5. The van der Waals surface area contributed by atoms with Crippen molar-refractivity contribution in [2.45, 2.75) is 18.9 Å². The van der Waals surface area contributed by atoms with Gasteiger partial charge in [0.15, 0.2) is 5.82 Å². The normalized spacial score (nSPS) is 16.4. The van der Waals surface area contributed by atoms with E-state index in [4.69, 9.17) is 0 Å². The molecule has 144 valence electrons. The number of H-pyrrole nitrogens is 1. The fourth-order valence-corrected chi connectivity index (χ4v) is 3.40. The molecule has 2 aromatic carbocycles. The third-order valence-corrected chi connectivity index (χ3v) is 4.87. The first kappa shape index (κ1) is 18.2. The number of nitrogens with one attached hydrogen (secondary N) is 2. The molecule has 7 heteroatoms. The number of aromatic nitrogens is 2. The van der Waals surface area contributed by atoms with E-state index in [1.54, 1.807) is 24.3 Å². The Kier molecular flexibility index (Phi) is 5.06. The van der Waals surface area contributed by atoms with E-state index in [0.29, 0.717) is 6.54 Å². The number of nitrogens with zero attached hydrogens (tertiary/aromatic N) is 2. The Hall–Kier alpha value is -3.22. The monoisotopic (exact) mass is 382 g/mol. The van der Waals surface area contributed by atoms with E-state index in [1.807, 2.05) is 6.07 Å². The number of carbonyl (C=O) groups excluding carboxylic acids is 1. The molecule has 0 aliphatic carbocycles. The highest BCUT2D eigenvalue weighted by Gasteiger charge is 2.25. The molecule has 5 nitrogen and oxygen atoms in total. The summed E-state index contributed by atoms with van der Waals surface area (Å²) < 4.78 is 26.0. The van der Waals surface area contributed by atoms with Crippen LogP contribution in [0.1, 0.15) is 12.0 Å². The van der Waals surface area contributed by atoms with Crippen LogP contribution in [0.15, 0.2) is 54.6 Å². The highest BCUT2D eigenvalue weighted by Crippen LogP contribution is 2.24. The van der Waals surface area contributed by atoms with Crippen LogP contribution in [-0.4, -0.2) is 35.2 Å². The molecule has 2 N–H and O–H groups in total. The first-order valence-corrected chi connectivity index (χ1v) is 9.17. The molecule has 1 aromatic heterocycles. The predicted molar refractivity (Wildman–Crippen MR) is 103 cm³/mol. The summed E-state index contributed by atoms with van der Waals surface area (Å²) in [5, 5.41) is 10.4. The van der Waals surface area contributed by atoms with Gasteiger partial charge in [-0.05, 0) is 53.9 Å². The van der Waals surface area contributed by atoms with Crippen LogP contribution in [-0.2, 0) is 11.2 Å². The number of rotatable bonds is 5. The second kappa shape index (κ2) is 7.80. The number of halogens is 2. The van der Waals surface area contributed by atoms with Gasteiger partial charge in [-0.1, -0.05) is 12.1 Å². The zero-order valence-corrected chi connectivity index (χ0v) is 15.2. The lowest BCUT2D eigenvalue weighted by molar-refractivity contribution is -0.121. The molecular formula is C21H20F2N4O. The predicted octanol–water partition coefficient (Wildman–Crippen LogP) is 3.29. The Balaban J connectivity index is 1.33. The summed E-state index contributed by atoms with van der Waals surface area (Å²) in [6, 6.07) is 14.2. The highest BCUT2D eigenvalue weighted by atomic mass is 19.1. The van der Waals surface area contributed by atoms with E-state index in [2.05, 4.69) is 20.4 Å². The first-order valence-electron chi connectivity index (χ1n) is 9.17. The molecule has 1 aliphatic rings. The SMILES string of the molecule is O=C(Cc1ccc(F)cc1)N[C@H]1CCN(c2cc(-c3ccc(F)cc3)[nH]n2)C1. The highest BCUT2D eigenvalue weighted by molar-refractivity contribution is 5.79. The van der Waals surface area contributed by atoms with Gasteiger partial charge in [0, 0.05) is 25.2 Å². The van der Waals surface area contributed by atoms with Crippen molar-refractivity contribution in [3.63, 3.8) is 0 Å². The van der Waals surface area contributed by atoms with Gasteiger partial charge in [-0.2, -0.15) is 5.10 Å². The Labute approximate surface area is 161 Å². The van der Waals surface area contributed by atoms with Crippen LogP contribution in [0.25, 0.3) is 11.3 Å². The van der Waals surface area contributed by atoms with E-state index >= 15 is 0 Å².